The highest BCUT2D eigenvalue weighted by Gasteiger charge is 2.34. The van der Waals surface area contributed by atoms with Crippen molar-refractivity contribution in [2.45, 2.75) is 63.1 Å². The highest BCUT2D eigenvalue weighted by Crippen LogP contribution is 2.38. The van der Waals surface area contributed by atoms with E-state index < -0.39 is 26.4 Å². The van der Waals surface area contributed by atoms with Gasteiger partial charge in [0.25, 0.3) is 0 Å². The summed E-state index contributed by atoms with van der Waals surface area (Å²) in [4.78, 5) is 11.7. The Balaban J connectivity index is 2.05. The van der Waals surface area contributed by atoms with Crippen LogP contribution in [-0.4, -0.2) is 32.7 Å². The van der Waals surface area contributed by atoms with Crippen molar-refractivity contribution in [2.24, 2.45) is 11.3 Å². The van der Waals surface area contributed by atoms with Crippen molar-refractivity contribution in [3.63, 3.8) is 0 Å². The molecule has 1 fully saturated rings. The van der Waals surface area contributed by atoms with E-state index in [1.807, 2.05) is 0 Å². The second kappa shape index (κ2) is 8.65. The molecule has 8 heteroatoms. The molecule has 152 valence electrons. The van der Waals surface area contributed by atoms with Crippen LogP contribution in [0.3, 0.4) is 0 Å². The summed E-state index contributed by atoms with van der Waals surface area (Å²) in [6.45, 7) is 6.55. The molecule has 0 aliphatic heterocycles. The molecule has 1 aliphatic rings. The molecular formula is C19H28F2N2O3S. The van der Waals surface area contributed by atoms with Gasteiger partial charge >= 0.3 is 5.76 Å². The fourth-order valence-corrected chi connectivity index (χ4v) is 4.63. The van der Waals surface area contributed by atoms with Crippen LogP contribution in [0.4, 0.5) is 14.5 Å². The molecular weight excluding hydrogens is 374 g/mol. The average molecular weight is 403 g/mol. The number of benzene rings is 1. The van der Waals surface area contributed by atoms with Crippen LogP contribution >= 0.6 is 0 Å². The monoisotopic (exact) mass is 402 g/mol. The third kappa shape index (κ3) is 5.48. The van der Waals surface area contributed by atoms with Crippen molar-refractivity contribution in [3.05, 3.63) is 24.3 Å². The lowest BCUT2D eigenvalue weighted by Gasteiger charge is -2.40. The van der Waals surface area contributed by atoms with Crippen LogP contribution in [0, 0.1) is 11.3 Å². The minimum atomic E-state index is -4.79. The van der Waals surface area contributed by atoms with Crippen LogP contribution in [0.2, 0.25) is 0 Å². The highest BCUT2D eigenvalue weighted by atomic mass is 32.2. The van der Waals surface area contributed by atoms with E-state index in [4.69, 9.17) is 0 Å². The first-order valence-corrected chi connectivity index (χ1v) is 10.7. The molecule has 0 saturated heterocycles. The van der Waals surface area contributed by atoms with Gasteiger partial charge in [0.1, 0.15) is 0 Å². The van der Waals surface area contributed by atoms with Crippen molar-refractivity contribution < 1.29 is 22.0 Å². The standard InChI is InChI=1S/C19H28F2N2O3S/c1-19(2,3)13-8-4-5-9-14(13)22-12-17(24)23-15-10-6-7-11-16(15)27(25,26)18(20)21/h6-7,10-11,13-14,18,22H,4-5,8-9,12H2,1-3H3,(H,23,24). The molecule has 2 atom stereocenters. The van der Waals surface area contributed by atoms with Gasteiger partial charge in [0.2, 0.25) is 15.7 Å². The topological polar surface area (TPSA) is 75.3 Å². The molecule has 2 rings (SSSR count). The molecule has 1 saturated carbocycles. The molecule has 0 spiro atoms. The number of halogens is 2. The van der Waals surface area contributed by atoms with Crippen molar-refractivity contribution in [1.29, 1.82) is 0 Å². The summed E-state index contributed by atoms with van der Waals surface area (Å²) >= 11 is 0. The van der Waals surface area contributed by atoms with Gasteiger partial charge in [0.15, 0.2) is 0 Å². The number of hydrogen-bond donors (Lipinski definition) is 2. The van der Waals surface area contributed by atoms with E-state index in [1.54, 1.807) is 0 Å². The average Bonchev–Trinajstić information content (AvgIpc) is 2.59. The summed E-state index contributed by atoms with van der Waals surface area (Å²) in [6.07, 6.45) is 4.34. The number of alkyl halides is 2. The Bertz CT molecular complexity index is 760. The number of nitrogens with one attached hydrogen (secondary N) is 2. The van der Waals surface area contributed by atoms with Gasteiger partial charge in [-0.3, -0.25) is 4.79 Å². The summed E-state index contributed by atoms with van der Waals surface area (Å²) in [6, 6.07) is 5.42. The largest absolute Gasteiger partial charge is 0.341 e. The zero-order valence-corrected chi connectivity index (χ0v) is 16.8. The third-order valence-corrected chi connectivity index (χ3v) is 6.54. The lowest BCUT2D eigenvalue weighted by atomic mass is 9.69. The van der Waals surface area contributed by atoms with Gasteiger partial charge in [-0.15, -0.1) is 0 Å². The molecule has 27 heavy (non-hydrogen) atoms. The van der Waals surface area contributed by atoms with Crippen LogP contribution in [0.15, 0.2) is 29.2 Å². The van der Waals surface area contributed by atoms with E-state index in [1.165, 1.54) is 24.6 Å². The molecule has 0 radical (unpaired) electrons. The third-order valence-electron chi connectivity index (χ3n) is 5.11. The lowest BCUT2D eigenvalue weighted by molar-refractivity contribution is -0.115. The Morgan fingerprint density at radius 1 is 1.19 bits per heavy atom. The molecule has 2 unspecified atom stereocenters. The quantitative estimate of drug-likeness (QED) is 0.759. The van der Waals surface area contributed by atoms with Crippen molar-refractivity contribution in [3.8, 4) is 0 Å². The molecule has 2 N–H and O–H groups in total. The normalized spacial score (nSPS) is 21.3. The minimum Gasteiger partial charge on any atom is -0.324 e. The number of hydrogen-bond acceptors (Lipinski definition) is 4. The van der Waals surface area contributed by atoms with Gasteiger partial charge in [0, 0.05) is 6.04 Å². The molecule has 1 aliphatic carbocycles. The summed E-state index contributed by atoms with van der Waals surface area (Å²) < 4.78 is 49.2. The maximum atomic E-state index is 12.8. The maximum absolute atomic E-state index is 12.8. The van der Waals surface area contributed by atoms with E-state index in [9.17, 15) is 22.0 Å². The number of sulfone groups is 1. The second-order valence-corrected chi connectivity index (χ2v) is 9.98. The number of carbonyl (C=O) groups is 1. The van der Waals surface area contributed by atoms with E-state index >= 15 is 0 Å². The fraction of sp³-hybridized carbons (Fsp3) is 0.632. The Kier molecular flexibility index (Phi) is 6.97. The number of anilines is 1. The molecule has 5 nitrogen and oxygen atoms in total. The molecule has 1 amide bonds. The number of rotatable bonds is 6. The molecule has 1 aromatic rings. The molecule has 0 heterocycles. The van der Waals surface area contributed by atoms with Gasteiger partial charge in [-0.1, -0.05) is 45.7 Å². The van der Waals surface area contributed by atoms with Gasteiger partial charge < -0.3 is 10.6 Å². The van der Waals surface area contributed by atoms with Crippen LogP contribution < -0.4 is 10.6 Å². The van der Waals surface area contributed by atoms with Crippen molar-refractivity contribution in [1.82, 2.24) is 5.32 Å². The van der Waals surface area contributed by atoms with Crippen LogP contribution in [-0.2, 0) is 14.6 Å². The van der Waals surface area contributed by atoms with Crippen LogP contribution in [0.5, 0.6) is 0 Å². The predicted octanol–water partition coefficient (Wildman–Crippen LogP) is 3.82. The number of amides is 1. The van der Waals surface area contributed by atoms with Crippen LogP contribution in [0.25, 0.3) is 0 Å². The first-order valence-electron chi connectivity index (χ1n) is 9.18. The van der Waals surface area contributed by atoms with Gasteiger partial charge in [-0.05, 0) is 36.3 Å². The Morgan fingerprint density at radius 3 is 2.44 bits per heavy atom. The first kappa shape index (κ1) is 21.8. The molecule has 0 aromatic heterocycles. The summed E-state index contributed by atoms with van der Waals surface area (Å²) in [7, 11) is -4.79. The van der Waals surface area contributed by atoms with E-state index in [-0.39, 0.29) is 23.7 Å². The fourth-order valence-electron chi connectivity index (χ4n) is 3.74. The van der Waals surface area contributed by atoms with E-state index in [2.05, 4.69) is 31.4 Å². The van der Waals surface area contributed by atoms with E-state index in [0.29, 0.717) is 5.92 Å². The molecule has 0 bridgehead atoms. The smallest absolute Gasteiger partial charge is 0.324 e. The zero-order valence-electron chi connectivity index (χ0n) is 16.0. The van der Waals surface area contributed by atoms with Crippen molar-refractivity contribution >= 4 is 21.4 Å². The molecule has 1 aromatic carbocycles. The minimum absolute atomic E-state index is 0.000305. The van der Waals surface area contributed by atoms with Crippen molar-refractivity contribution in [2.75, 3.05) is 11.9 Å². The summed E-state index contributed by atoms with van der Waals surface area (Å²) in [5.41, 5.74) is -0.00687. The van der Waals surface area contributed by atoms with Gasteiger partial charge in [0.05, 0.1) is 17.1 Å². The van der Waals surface area contributed by atoms with E-state index in [0.717, 1.165) is 25.3 Å². The SMILES string of the molecule is CC(C)(C)C1CCCCC1NCC(=O)Nc1ccccc1S(=O)(=O)C(F)F. The summed E-state index contributed by atoms with van der Waals surface area (Å²) in [5, 5.41) is 5.72. The van der Waals surface area contributed by atoms with Crippen LogP contribution in [0.1, 0.15) is 46.5 Å². The highest BCUT2D eigenvalue weighted by molar-refractivity contribution is 7.91. The summed E-state index contributed by atoms with van der Waals surface area (Å²) in [5.74, 6) is -3.56. The number of carbonyl (C=O) groups excluding carboxylic acids is 1. The predicted molar refractivity (Wildman–Crippen MR) is 101 cm³/mol. The Hall–Kier alpha value is -1.54. The Labute approximate surface area is 159 Å². The van der Waals surface area contributed by atoms with Gasteiger partial charge in [-0.25, -0.2) is 8.42 Å². The zero-order chi connectivity index (χ0) is 20.2. The maximum Gasteiger partial charge on any atom is 0.341 e. The second-order valence-electron chi connectivity index (χ2n) is 8.09. The van der Waals surface area contributed by atoms with Gasteiger partial charge in [-0.2, -0.15) is 8.78 Å². The first-order chi connectivity index (χ1) is 12.5. The number of para-hydroxylation sites is 1. The lowest BCUT2D eigenvalue weighted by Crippen LogP contribution is -2.46. The Morgan fingerprint density at radius 2 is 1.81 bits per heavy atom.